The Bertz CT molecular complexity index is 1220. The van der Waals surface area contributed by atoms with E-state index in [1.807, 2.05) is 13.0 Å². The van der Waals surface area contributed by atoms with Gasteiger partial charge in [0.15, 0.2) is 11.5 Å². The van der Waals surface area contributed by atoms with Crippen molar-refractivity contribution < 1.29 is 9.18 Å². The minimum absolute atomic E-state index is 0.0119. The Morgan fingerprint density at radius 2 is 1.81 bits per heavy atom. The second-order valence-corrected chi connectivity index (χ2v) is 7.81. The van der Waals surface area contributed by atoms with Crippen LogP contribution in [0.4, 0.5) is 10.2 Å². The number of halogens is 1. The number of carbonyl (C=O) groups is 1. The van der Waals surface area contributed by atoms with Crippen LogP contribution in [0.15, 0.2) is 42.9 Å². The lowest BCUT2D eigenvalue weighted by atomic mass is 9.97. The highest BCUT2D eigenvalue weighted by Gasteiger charge is 2.21. The van der Waals surface area contributed by atoms with Gasteiger partial charge in [0.1, 0.15) is 18.0 Å². The van der Waals surface area contributed by atoms with Crippen LogP contribution in [0.3, 0.4) is 0 Å². The molecule has 0 unspecified atom stereocenters. The third-order valence-electron chi connectivity index (χ3n) is 5.34. The standard InChI is InChI=1S/C23H26FN7O/c1-4-6-16(7-5-2)23(32)28-20-12-15(3)29-31(20)22-19-13-27-30(21(19)25-14-26-22)18-10-8-17(24)9-11-18/h8-14,16H,4-7H2,1-3H3,(H,28,32). The van der Waals surface area contributed by atoms with Gasteiger partial charge in [0.2, 0.25) is 5.91 Å². The lowest BCUT2D eigenvalue weighted by Gasteiger charge is -2.16. The highest BCUT2D eigenvalue weighted by atomic mass is 19.1. The molecule has 8 nitrogen and oxygen atoms in total. The first kappa shape index (κ1) is 21.6. The molecule has 1 N–H and O–H groups in total. The first-order chi connectivity index (χ1) is 15.5. The topological polar surface area (TPSA) is 90.5 Å². The van der Waals surface area contributed by atoms with Crippen LogP contribution in [-0.2, 0) is 4.79 Å². The lowest BCUT2D eigenvalue weighted by molar-refractivity contribution is -0.120. The van der Waals surface area contributed by atoms with Crippen LogP contribution in [0.5, 0.6) is 0 Å². The van der Waals surface area contributed by atoms with Crippen molar-refractivity contribution in [2.24, 2.45) is 5.92 Å². The second kappa shape index (κ2) is 9.25. The van der Waals surface area contributed by atoms with Gasteiger partial charge >= 0.3 is 0 Å². The molecule has 0 radical (unpaired) electrons. The molecule has 0 spiro atoms. The van der Waals surface area contributed by atoms with Crippen LogP contribution in [0.2, 0.25) is 0 Å². The fourth-order valence-corrected chi connectivity index (χ4v) is 3.85. The van der Waals surface area contributed by atoms with E-state index in [-0.39, 0.29) is 17.6 Å². The van der Waals surface area contributed by atoms with Gasteiger partial charge in [0.25, 0.3) is 0 Å². The average Bonchev–Trinajstić information content (AvgIpc) is 3.37. The maximum absolute atomic E-state index is 13.3. The highest BCUT2D eigenvalue weighted by molar-refractivity contribution is 5.92. The quantitative estimate of drug-likeness (QED) is 0.437. The number of hydrogen-bond acceptors (Lipinski definition) is 5. The molecule has 0 saturated carbocycles. The van der Waals surface area contributed by atoms with E-state index in [0.29, 0.717) is 28.4 Å². The summed E-state index contributed by atoms with van der Waals surface area (Å²) in [4.78, 5) is 21.7. The summed E-state index contributed by atoms with van der Waals surface area (Å²) in [6.45, 7) is 6.03. The number of nitrogens with zero attached hydrogens (tertiary/aromatic N) is 6. The van der Waals surface area contributed by atoms with E-state index in [1.165, 1.54) is 18.5 Å². The Kier molecular flexibility index (Phi) is 6.25. The molecule has 1 aromatic carbocycles. The van der Waals surface area contributed by atoms with E-state index in [9.17, 15) is 9.18 Å². The second-order valence-electron chi connectivity index (χ2n) is 7.81. The van der Waals surface area contributed by atoms with Crippen LogP contribution in [0, 0.1) is 18.7 Å². The van der Waals surface area contributed by atoms with Crippen molar-refractivity contribution >= 4 is 22.8 Å². The van der Waals surface area contributed by atoms with Gasteiger partial charge in [0, 0.05) is 12.0 Å². The maximum Gasteiger partial charge on any atom is 0.228 e. The van der Waals surface area contributed by atoms with Crippen LogP contribution < -0.4 is 5.32 Å². The first-order valence-corrected chi connectivity index (χ1v) is 10.8. The fourth-order valence-electron chi connectivity index (χ4n) is 3.85. The van der Waals surface area contributed by atoms with Gasteiger partial charge in [-0.05, 0) is 44.0 Å². The Morgan fingerprint density at radius 3 is 2.50 bits per heavy atom. The summed E-state index contributed by atoms with van der Waals surface area (Å²) in [5.41, 5.74) is 1.99. The number of hydrogen-bond donors (Lipinski definition) is 1. The van der Waals surface area contributed by atoms with Gasteiger partial charge in [-0.1, -0.05) is 26.7 Å². The molecule has 3 heterocycles. The summed E-state index contributed by atoms with van der Waals surface area (Å²) in [7, 11) is 0. The van der Waals surface area contributed by atoms with Crippen LogP contribution in [0.1, 0.15) is 45.2 Å². The summed E-state index contributed by atoms with van der Waals surface area (Å²) < 4.78 is 16.6. The molecule has 3 aromatic heterocycles. The zero-order valence-electron chi connectivity index (χ0n) is 18.4. The molecule has 0 saturated heterocycles. The average molecular weight is 436 g/mol. The van der Waals surface area contributed by atoms with E-state index in [0.717, 1.165) is 31.4 Å². The molecule has 4 rings (SSSR count). The molecule has 0 aliphatic heterocycles. The monoisotopic (exact) mass is 435 g/mol. The van der Waals surface area contributed by atoms with Crippen molar-refractivity contribution in [1.82, 2.24) is 29.5 Å². The zero-order chi connectivity index (χ0) is 22.7. The van der Waals surface area contributed by atoms with Crippen LogP contribution >= 0.6 is 0 Å². The van der Waals surface area contributed by atoms with E-state index in [1.54, 1.807) is 27.7 Å². The number of fused-ring (bicyclic) bond motifs is 1. The number of carbonyl (C=O) groups excluding carboxylic acids is 1. The van der Waals surface area contributed by atoms with E-state index < -0.39 is 0 Å². The number of aryl methyl sites for hydroxylation is 1. The zero-order valence-corrected chi connectivity index (χ0v) is 18.4. The fraction of sp³-hybridized carbons (Fsp3) is 0.348. The van der Waals surface area contributed by atoms with Crippen molar-refractivity contribution in [3.8, 4) is 11.5 Å². The van der Waals surface area contributed by atoms with Gasteiger partial charge in [-0.2, -0.15) is 14.9 Å². The largest absolute Gasteiger partial charge is 0.310 e. The Hall–Kier alpha value is -3.62. The SMILES string of the molecule is CCCC(CCC)C(=O)Nc1cc(C)nn1-c1ncnc2c1cnn2-c1ccc(F)cc1. The summed E-state index contributed by atoms with van der Waals surface area (Å²) in [6.07, 6.45) is 6.66. The summed E-state index contributed by atoms with van der Waals surface area (Å²) in [5, 5.41) is 12.7. The molecule has 0 aliphatic rings. The minimum atomic E-state index is -0.322. The Balaban J connectivity index is 1.72. The molecule has 32 heavy (non-hydrogen) atoms. The third-order valence-corrected chi connectivity index (χ3v) is 5.34. The van der Waals surface area contributed by atoms with Gasteiger partial charge < -0.3 is 5.32 Å². The third kappa shape index (κ3) is 4.23. The van der Waals surface area contributed by atoms with Crippen molar-refractivity contribution in [2.75, 3.05) is 5.32 Å². The molecule has 9 heteroatoms. The number of benzene rings is 1. The van der Waals surface area contributed by atoms with E-state index in [2.05, 4.69) is 39.3 Å². The van der Waals surface area contributed by atoms with Crippen molar-refractivity contribution in [3.63, 3.8) is 0 Å². The Labute approximate surface area is 185 Å². The molecule has 0 aliphatic carbocycles. The number of anilines is 1. The molecular weight excluding hydrogens is 409 g/mol. The van der Waals surface area contributed by atoms with Gasteiger partial charge in [-0.25, -0.2) is 19.0 Å². The molecule has 0 bridgehead atoms. The van der Waals surface area contributed by atoms with Gasteiger partial charge in [-0.15, -0.1) is 0 Å². The molecule has 0 fully saturated rings. The summed E-state index contributed by atoms with van der Waals surface area (Å²) in [6, 6.07) is 7.84. The predicted octanol–water partition coefficient (Wildman–Crippen LogP) is 4.60. The summed E-state index contributed by atoms with van der Waals surface area (Å²) in [5.74, 6) is 0.688. The number of aromatic nitrogens is 6. The molecule has 0 atom stereocenters. The molecule has 4 aromatic rings. The van der Waals surface area contributed by atoms with Crippen molar-refractivity contribution in [3.05, 3.63) is 54.4 Å². The predicted molar refractivity (Wildman–Crippen MR) is 120 cm³/mol. The molecule has 1 amide bonds. The van der Waals surface area contributed by atoms with Crippen molar-refractivity contribution in [1.29, 1.82) is 0 Å². The molecular formula is C23H26FN7O. The Morgan fingerprint density at radius 1 is 1.09 bits per heavy atom. The van der Waals surface area contributed by atoms with E-state index >= 15 is 0 Å². The lowest BCUT2D eigenvalue weighted by Crippen LogP contribution is -2.24. The van der Waals surface area contributed by atoms with Crippen LogP contribution in [-0.4, -0.2) is 35.4 Å². The van der Waals surface area contributed by atoms with E-state index in [4.69, 9.17) is 0 Å². The smallest absolute Gasteiger partial charge is 0.228 e. The molecule has 166 valence electrons. The van der Waals surface area contributed by atoms with Crippen LogP contribution in [0.25, 0.3) is 22.5 Å². The van der Waals surface area contributed by atoms with Gasteiger partial charge in [-0.3, -0.25) is 4.79 Å². The normalized spacial score (nSPS) is 11.4. The number of nitrogens with one attached hydrogen (secondary N) is 1. The number of rotatable bonds is 8. The summed E-state index contributed by atoms with van der Waals surface area (Å²) >= 11 is 0. The first-order valence-electron chi connectivity index (χ1n) is 10.8. The van der Waals surface area contributed by atoms with Crippen molar-refractivity contribution in [2.45, 2.75) is 46.5 Å². The number of amides is 1. The highest BCUT2D eigenvalue weighted by Crippen LogP contribution is 2.25. The maximum atomic E-state index is 13.3. The minimum Gasteiger partial charge on any atom is -0.310 e. The van der Waals surface area contributed by atoms with Gasteiger partial charge in [0.05, 0.1) is 23.0 Å².